The van der Waals surface area contributed by atoms with Crippen LogP contribution in [0.15, 0.2) is 42.9 Å². The van der Waals surface area contributed by atoms with Crippen LogP contribution in [0.2, 0.25) is 5.02 Å². The van der Waals surface area contributed by atoms with Gasteiger partial charge in [0.15, 0.2) is 0 Å². The number of nitrogens with one attached hydrogen (secondary N) is 1. The summed E-state index contributed by atoms with van der Waals surface area (Å²) in [7, 11) is 1.52. The third-order valence-electron chi connectivity index (χ3n) is 2.66. The SMILES string of the molecule is CN(CC(=O)Nc1ccccc1Cl)C(=O)c1cnccn1. The first kappa shape index (κ1) is 14.9. The van der Waals surface area contributed by atoms with Crippen LogP contribution in [0, 0.1) is 0 Å². The van der Waals surface area contributed by atoms with Crippen LogP contribution in [0.3, 0.4) is 0 Å². The maximum Gasteiger partial charge on any atom is 0.274 e. The van der Waals surface area contributed by atoms with Crippen molar-refractivity contribution in [2.45, 2.75) is 0 Å². The van der Waals surface area contributed by atoms with Crippen LogP contribution in [0.25, 0.3) is 0 Å². The van der Waals surface area contributed by atoms with Crippen LogP contribution in [0.1, 0.15) is 10.5 Å². The number of rotatable bonds is 4. The molecule has 6 nitrogen and oxygen atoms in total. The van der Waals surface area contributed by atoms with Crippen molar-refractivity contribution in [3.05, 3.63) is 53.6 Å². The highest BCUT2D eigenvalue weighted by Crippen LogP contribution is 2.20. The molecule has 0 spiro atoms. The number of amides is 2. The average Bonchev–Trinajstić information content (AvgIpc) is 2.49. The Balaban J connectivity index is 1.97. The number of halogens is 1. The van der Waals surface area contributed by atoms with E-state index in [1.807, 2.05) is 0 Å². The standard InChI is InChI=1S/C14H13ClN4O2/c1-19(14(21)12-8-16-6-7-17-12)9-13(20)18-11-5-3-2-4-10(11)15/h2-8H,9H2,1H3,(H,18,20). The van der Waals surface area contributed by atoms with Crippen molar-refractivity contribution in [2.75, 3.05) is 18.9 Å². The first-order chi connectivity index (χ1) is 10.1. The van der Waals surface area contributed by atoms with Crippen molar-refractivity contribution >= 4 is 29.1 Å². The highest BCUT2D eigenvalue weighted by molar-refractivity contribution is 6.33. The van der Waals surface area contributed by atoms with Crippen LogP contribution in [-0.2, 0) is 4.79 Å². The lowest BCUT2D eigenvalue weighted by Gasteiger charge is -2.16. The number of carbonyl (C=O) groups is 2. The first-order valence-electron chi connectivity index (χ1n) is 6.14. The summed E-state index contributed by atoms with van der Waals surface area (Å²) in [6, 6.07) is 6.88. The minimum absolute atomic E-state index is 0.110. The molecule has 1 aromatic carbocycles. The average molecular weight is 305 g/mol. The predicted octanol–water partition coefficient (Wildman–Crippen LogP) is 1.84. The number of anilines is 1. The molecule has 0 fully saturated rings. The van der Waals surface area contributed by atoms with Gasteiger partial charge in [-0.3, -0.25) is 14.6 Å². The Labute approximate surface area is 126 Å². The Morgan fingerprint density at radius 3 is 2.71 bits per heavy atom. The van der Waals surface area contributed by atoms with Gasteiger partial charge in [0.2, 0.25) is 5.91 Å². The Morgan fingerprint density at radius 1 is 1.29 bits per heavy atom. The first-order valence-corrected chi connectivity index (χ1v) is 6.51. The number of nitrogens with zero attached hydrogens (tertiary/aromatic N) is 3. The van der Waals surface area contributed by atoms with Gasteiger partial charge in [-0.1, -0.05) is 23.7 Å². The third-order valence-corrected chi connectivity index (χ3v) is 2.99. The summed E-state index contributed by atoms with van der Waals surface area (Å²) >= 11 is 5.95. The number of aromatic nitrogens is 2. The van der Waals surface area contributed by atoms with Crippen LogP contribution in [0.4, 0.5) is 5.69 Å². The summed E-state index contributed by atoms with van der Waals surface area (Å²) in [6.07, 6.45) is 4.25. The van der Waals surface area contributed by atoms with E-state index < -0.39 is 0 Å². The van der Waals surface area contributed by atoms with E-state index in [1.165, 1.54) is 30.5 Å². The lowest BCUT2D eigenvalue weighted by Crippen LogP contribution is -2.35. The van der Waals surface area contributed by atoms with E-state index in [9.17, 15) is 9.59 Å². The van der Waals surface area contributed by atoms with Crippen LogP contribution in [0.5, 0.6) is 0 Å². The molecule has 2 rings (SSSR count). The molecule has 0 aliphatic carbocycles. The molecule has 0 aliphatic heterocycles. The Kier molecular flexibility index (Phi) is 4.84. The maximum absolute atomic E-state index is 12.0. The van der Waals surface area contributed by atoms with E-state index in [0.717, 1.165) is 0 Å². The third kappa shape index (κ3) is 4.00. The van der Waals surface area contributed by atoms with Crippen molar-refractivity contribution in [3.8, 4) is 0 Å². The van der Waals surface area contributed by atoms with Crippen molar-refractivity contribution < 1.29 is 9.59 Å². The van der Waals surface area contributed by atoms with E-state index in [4.69, 9.17) is 11.6 Å². The normalized spacial score (nSPS) is 10.0. The second-order valence-corrected chi connectivity index (χ2v) is 4.69. The molecule has 0 unspecified atom stereocenters. The highest BCUT2D eigenvalue weighted by Gasteiger charge is 2.16. The lowest BCUT2D eigenvalue weighted by molar-refractivity contribution is -0.116. The van der Waals surface area contributed by atoms with Crippen LogP contribution >= 0.6 is 11.6 Å². The maximum atomic E-state index is 12.0. The molecular formula is C14H13ClN4O2. The largest absolute Gasteiger partial charge is 0.331 e. The summed E-state index contributed by atoms with van der Waals surface area (Å²) < 4.78 is 0. The molecule has 0 aliphatic rings. The number of hydrogen-bond donors (Lipinski definition) is 1. The van der Waals surface area contributed by atoms with Crippen molar-refractivity contribution in [2.24, 2.45) is 0 Å². The van der Waals surface area contributed by atoms with Gasteiger partial charge in [-0.15, -0.1) is 0 Å². The second-order valence-electron chi connectivity index (χ2n) is 4.28. The molecule has 1 N–H and O–H groups in total. The molecule has 1 aromatic heterocycles. The van der Waals surface area contributed by atoms with Gasteiger partial charge >= 0.3 is 0 Å². The quantitative estimate of drug-likeness (QED) is 0.935. The Hall–Kier alpha value is -2.47. The summed E-state index contributed by atoms with van der Waals surface area (Å²) in [5.74, 6) is -0.722. The van der Waals surface area contributed by atoms with Crippen molar-refractivity contribution in [3.63, 3.8) is 0 Å². The smallest absolute Gasteiger partial charge is 0.274 e. The topological polar surface area (TPSA) is 75.2 Å². The molecule has 7 heteroatoms. The zero-order chi connectivity index (χ0) is 15.2. The molecule has 1 heterocycles. The highest BCUT2D eigenvalue weighted by atomic mass is 35.5. The van der Waals surface area contributed by atoms with E-state index >= 15 is 0 Å². The molecule has 108 valence electrons. The van der Waals surface area contributed by atoms with Gasteiger partial charge in [0, 0.05) is 19.4 Å². The van der Waals surface area contributed by atoms with Gasteiger partial charge in [-0.05, 0) is 12.1 Å². The number of para-hydroxylation sites is 1. The molecular weight excluding hydrogens is 292 g/mol. The number of benzene rings is 1. The predicted molar refractivity (Wildman–Crippen MR) is 79.1 cm³/mol. The van der Waals surface area contributed by atoms with E-state index in [1.54, 1.807) is 24.3 Å². The summed E-state index contributed by atoms with van der Waals surface area (Å²) in [5.41, 5.74) is 0.690. The molecule has 0 atom stereocenters. The van der Waals surface area contributed by atoms with E-state index in [0.29, 0.717) is 10.7 Å². The van der Waals surface area contributed by atoms with Crippen molar-refractivity contribution in [1.29, 1.82) is 0 Å². The van der Waals surface area contributed by atoms with Crippen LogP contribution in [-0.4, -0.2) is 40.3 Å². The van der Waals surface area contributed by atoms with Crippen molar-refractivity contribution in [1.82, 2.24) is 14.9 Å². The summed E-state index contributed by atoms with van der Waals surface area (Å²) in [6.45, 7) is -0.110. The molecule has 2 amide bonds. The fourth-order valence-electron chi connectivity index (χ4n) is 1.64. The second kappa shape index (κ2) is 6.81. The molecule has 0 saturated heterocycles. The zero-order valence-corrected chi connectivity index (χ0v) is 12.0. The Morgan fingerprint density at radius 2 is 2.05 bits per heavy atom. The number of carbonyl (C=O) groups excluding carboxylic acids is 2. The monoisotopic (exact) mass is 304 g/mol. The minimum Gasteiger partial charge on any atom is -0.331 e. The van der Waals surface area contributed by atoms with Gasteiger partial charge in [0.1, 0.15) is 5.69 Å². The zero-order valence-electron chi connectivity index (χ0n) is 11.3. The van der Waals surface area contributed by atoms with Gasteiger partial charge in [0.25, 0.3) is 5.91 Å². The van der Waals surface area contributed by atoms with Gasteiger partial charge in [-0.25, -0.2) is 4.98 Å². The van der Waals surface area contributed by atoms with Gasteiger partial charge in [0.05, 0.1) is 23.5 Å². The fraction of sp³-hybridized carbons (Fsp3) is 0.143. The fourth-order valence-corrected chi connectivity index (χ4v) is 1.83. The molecule has 2 aromatic rings. The number of hydrogen-bond acceptors (Lipinski definition) is 4. The summed E-state index contributed by atoms with van der Waals surface area (Å²) in [4.78, 5) is 32.9. The molecule has 0 radical (unpaired) electrons. The van der Waals surface area contributed by atoms with Crippen LogP contribution < -0.4 is 5.32 Å². The van der Waals surface area contributed by atoms with Gasteiger partial charge in [-0.2, -0.15) is 0 Å². The summed E-state index contributed by atoms with van der Waals surface area (Å²) in [5, 5.41) is 3.09. The molecule has 0 bridgehead atoms. The number of likely N-dealkylation sites (N-methyl/N-ethyl adjacent to an activating group) is 1. The lowest BCUT2D eigenvalue weighted by atomic mass is 10.3. The van der Waals surface area contributed by atoms with E-state index in [2.05, 4.69) is 15.3 Å². The molecule has 21 heavy (non-hydrogen) atoms. The Bertz CT molecular complexity index is 648. The molecule has 0 saturated carbocycles. The van der Waals surface area contributed by atoms with E-state index in [-0.39, 0.29) is 24.1 Å². The van der Waals surface area contributed by atoms with Gasteiger partial charge < -0.3 is 10.2 Å². The minimum atomic E-state index is -0.377.